The number of thiazole rings is 1. The van der Waals surface area contributed by atoms with E-state index in [-0.39, 0.29) is 17.8 Å². The van der Waals surface area contributed by atoms with Gasteiger partial charge < -0.3 is 10.6 Å². The molecule has 25 heavy (non-hydrogen) atoms. The molecular weight excluding hydrogens is 340 g/mol. The molecule has 2 aliphatic rings. The summed E-state index contributed by atoms with van der Waals surface area (Å²) in [4.78, 5) is 42.0. The number of aromatic nitrogens is 1. The summed E-state index contributed by atoms with van der Waals surface area (Å²) in [7, 11) is 0. The number of hydrogen-bond donors (Lipinski definition) is 2. The maximum absolute atomic E-state index is 12.5. The Balaban J connectivity index is 1.37. The third kappa shape index (κ3) is 4.00. The van der Waals surface area contributed by atoms with Crippen molar-refractivity contribution in [2.45, 2.75) is 57.4 Å². The Morgan fingerprint density at radius 2 is 2.16 bits per heavy atom. The molecular formula is C17H24N4O3S. The predicted octanol–water partition coefficient (Wildman–Crippen LogP) is 1.76. The van der Waals surface area contributed by atoms with Crippen LogP contribution in [0.1, 0.15) is 49.2 Å². The highest BCUT2D eigenvalue weighted by Crippen LogP contribution is 2.35. The zero-order chi connectivity index (χ0) is 17.9. The molecule has 1 spiro atoms. The smallest absolute Gasteiger partial charge is 0.325 e. The average molecular weight is 364 g/mol. The van der Waals surface area contributed by atoms with Gasteiger partial charge in [0.15, 0.2) is 0 Å². The van der Waals surface area contributed by atoms with E-state index in [9.17, 15) is 14.4 Å². The molecule has 1 aliphatic carbocycles. The second kappa shape index (κ2) is 7.51. The topological polar surface area (TPSA) is 91.4 Å². The number of nitrogens with zero attached hydrogens (tertiary/aromatic N) is 2. The lowest BCUT2D eigenvalue weighted by Crippen LogP contribution is -2.44. The summed E-state index contributed by atoms with van der Waals surface area (Å²) in [5, 5.41) is 8.73. The summed E-state index contributed by atoms with van der Waals surface area (Å²) in [6.45, 7) is 2.80. The summed E-state index contributed by atoms with van der Waals surface area (Å²) < 4.78 is 0. The fourth-order valence-electron chi connectivity index (χ4n) is 3.54. The van der Waals surface area contributed by atoms with E-state index in [1.807, 2.05) is 12.3 Å². The molecule has 1 aliphatic heterocycles. The number of imide groups is 1. The van der Waals surface area contributed by atoms with Gasteiger partial charge in [-0.25, -0.2) is 9.78 Å². The number of amides is 4. The molecule has 1 saturated heterocycles. The lowest BCUT2D eigenvalue weighted by Gasteiger charge is -2.19. The number of rotatable bonds is 7. The lowest BCUT2D eigenvalue weighted by atomic mass is 9.98. The van der Waals surface area contributed by atoms with Gasteiger partial charge in [-0.3, -0.25) is 14.5 Å². The quantitative estimate of drug-likeness (QED) is 0.721. The van der Waals surface area contributed by atoms with Crippen LogP contribution in [0.25, 0.3) is 0 Å². The zero-order valence-electron chi connectivity index (χ0n) is 14.5. The SMILES string of the molecule is Cc1nc(CCNC(=O)CCCN2C(=O)NC3(CCCC3)C2=O)cs1. The van der Waals surface area contributed by atoms with Gasteiger partial charge in [0.05, 0.1) is 10.7 Å². The molecule has 0 unspecified atom stereocenters. The van der Waals surface area contributed by atoms with Gasteiger partial charge in [-0.2, -0.15) is 0 Å². The molecule has 0 bridgehead atoms. The van der Waals surface area contributed by atoms with Crippen LogP contribution in [0.5, 0.6) is 0 Å². The third-order valence-corrected chi connectivity index (χ3v) is 5.68. The van der Waals surface area contributed by atoms with E-state index in [1.165, 1.54) is 4.90 Å². The van der Waals surface area contributed by atoms with Gasteiger partial charge in [-0.15, -0.1) is 11.3 Å². The van der Waals surface area contributed by atoms with E-state index < -0.39 is 5.54 Å². The highest BCUT2D eigenvalue weighted by atomic mass is 32.1. The molecule has 7 nitrogen and oxygen atoms in total. The Bertz CT molecular complexity index is 667. The highest BCUT2D eigenvalue weighted by Gasteiger charge is 2.51. The second-order valence-corrected chi connectivity index (χ2v) is 7.80. The van der Waals surface area contributed by atoms with Gasteiger partial charge in [-0.05, 0) is 26.2 Å². The normalized spacial score (nSPS) is 18.8. The minimum absolute atomic E-state index is 0.0606. The first kappa shape index (κ1) is 17.8. The Morgan fingerprint density at radius 1 is 1.40 bits per heavy atom. The fraction of sp³-hybridized carbons (Fsp3) is 0.647. The van der Waals surface area contributed by atoms with Gasteiger partial charge in [0.2, 0.25) is 5.91 Å². The Morgan fingerprint density at radius 3 is 2.84 bits per heavy atom. The molecule has 2 fully saturated rings. The van der Waals surface area contributed by atoms with Gasteiger partial charge >= 0.3 is 6.03 Å². The van der Waals surface area contributed by atoms with E-state index in [0.29, 0.717) is 32.4 Å². The maximum Gasteiger partial charge on any atom is 0.325 e. The molecule has 2 heterocycles. The van der Waals surface area contributed by atoms with Crippen LogP contribution in [0.4, 0.5) is 4.79 Å². The first-order valence-electron chi connectivity index (χ1n) is 8.82. The highest BCUT2D eigenvalue weighted by molar-refractivity contribution is 7.09. The van der Waals surface area contributed by atoms with Crippen LogP contribution in [0.15, 0.2) is 5.38 Å². The zero-order valence-corrected chi connectivity index (χ0v) is 15.3. The van der Waals surface area contributed by atoms with E-state index in [0.717, 1.165) is 36.4 Å². The first-order valence-corrected chi connectivity index (χ1v) is 9.70. The number of urea groups is 1. The summed E-state index contributed by atoms with van der Waals surface area (Å²) in [6.07, 6.45) is 4.90. The van der Waals surface area contributed by atoms with Crippen molar-refractivity contribution < 1.29 is 14.4 Å². The lowest BCUT2D eigenvalue weighted by molar-refractivity contribution is -0.131. The van der Waals surface area contributed by atoms with Crippen molar-refractivity contribution in [3.05, 3.63) is 16.1 Å². The number of carbonyl (C=O) groups is 3. The molecule has 2 N–H and O–H groups in total. The Hall–Kier alpha value is -1.96. The van der Waals surface area contributed by atoms with E-state index >= 15 is 0 Å². The predicted molar refractivity (Wildman–Crippen MR) is 94.2 cm³/mol. The average Bonchev–Trinajstić information content (AvgIpc) is 3.25. The maximum atomic E-state index is 12.5. The second-order valence-electron chi connectivity index (χ2n) is 6.74. The number of carbonyl (C=O) groups excluding carboxylic acids is 3. The van der Waals surface area contributed by atoms with Crippen LogP contribution >= 0.6 is 11.3 Å². The van der Waals surface area contributed by atoms with Crippen LogP contribution in [0.2, 0.25) is 0 Å². The molecule has 4 amide bonds. The van der Waals surface area contributed by atoms with Crippen molar-refractivity contribution in [1.29, 1.82) is 0 Å². The Labute approximate surface area is 151 Å². The van der Waals surface area contributed by atoms with Crippen molar-refractivity contribution in [1.82, 2.24) is 20.5 Å². The van der Waals surface area contributed by atoms with Crippen LogP contribution in [-0.2, 0) is 16.0 Å². The standard InChI is InChI=1S/C17H24N4O3S/c1-12-19-13(11-25-12)6-9-18-14(22)5-4-10-21-15(23)17(20-16(21)24)7-2-3-8-17/h11H,2-10H2,1H3,(H,18,22)(H,20,24). The molecule has 0 atom stereocenters. The third-order valence-electron chi connectivity index (χ3n) is 4.86. The molecule has 3 rings (SSSR count). The van der Waals surface area contributed by atoms with Crippen molar-refractivity contribution >= 4 is 29.2 Å². The molecule has 8 heteroatoms. The Kier molecular flexibility index (Phi) is 5.36. The van der Waals surface area contributed by atoms with Gasteiger partial charge in [0.1, 0.15) is 5.54 Å². The minimum Gasteiger partial charge on any atom is -0.356 e. The molecule has 0 radical (unpaired) electrons. The molecule has 136 valence electrons. The summed E-state index contributed by atoms with van der Waals surface area (Å²) in [5.74, 6) is -0.177. The summed E-state index contributed by atoms with van der Waals surface area (Å²) >= 11 is 1.60. The van der Waals surface area contributed by atoms with Crippen molar-refractivity contribution in [3.63, 3.8) is 0 Å². The largest absolute Gasteiger partial charge is 0.356 e. The van der Waals surface area contributed by atoms with Crippen molar-refractivity contribution in [3.8, 4) is 0 Å². The first-order chi connectivity index (χ1) is 12.0. The number of hydrogen-bond acceptors (Lipinski definition) is 5. The molecule has 1 aromatic rings. The van der Waals surface area contributed by atoms with E-state index in [1.54, 1.807) is 11.3 Å². The van der Waals surface area contributed by atoms with E-state index in [2.05, 4.69) is 15.6 Å². The van der Waals surface area contributed by atoms with E-state index in [4.69, 9.17) is 0 Å². The van der Waals surface area contributed by atoms with Gasteiger partial charge in [-0.1, -0.05) is 12.8 Å². The van der Waals surface area contributed by atoms with Crippen LogP contribution < -0.4 is 10.6 Å². The van der Waals surface area contributed by atoms with Crippen LogP contribution in [0.3, 0.4) is 0 Å². The minimum atomic E-state index is -0.662. The van der Waals surface area contributed by atoms with Gasteiger partial charge in [0.25, 0.3) is 5.91 Å². The summed E-state index contributed by atoms with van der Waals surface area (Å²) in [6, 6.07) is -0.314. The molecule has 1 saturated carbocycles. The monoisotopic (exact) mass is 364 g/mol. The van der Waals surface area contributed by atoms with Crippen molar-refractivity contribution in [2.75, 3.05) is 13.1 Å². The van der Waals surface area contributed by atoms with Crippen LogP contribution in [-0.4, -0.2) is 46.4 Å². The molecule has 0 aromatic carbocycles. The fourth-order valence-corrected chi connectivity index (χ4v) is 4.18. The van der Waals surface area contributed by atoms with Crippen LogP contribution in [0, 0.1) is 6.92 Å². The number of aryl methyl sites for hydroxylation is 1. The number of nitrogens with one attached hydrogen (secondary N) is 2. The molecule has 1 aromatic heterocycles. The van der Waals surface area contributed by atoms with Crippen molar-refractivity contribution in [2.24, 2.45) is 0 Å². The summed E-state index contributed by atoms with van der Waals surface area (Å²) in [5.41, 5.74) is 0.328. The van der Waals surface area contributed by atoms with Gasteiger partial charge in [0, 0.05) is 31.3 Å².